The van der Waals surface area contributed by atoms with Gasteiger partial charge in [0.2, 0.25) is 5.91 Å². The van der Waals surface area contributed by atoms with Crippen molar-refractivity contribution in [2.24, 2.45) is 0 Å². The maximum atomic E-state index is 13.7. The number of rotatable bonds is 4. The second kappa shape index (κ2) is 8.83. The number of carbonyl (C=O) groups excluding carboxylic acids is 2. The molecule has 160 valence electrons. The smallest absolute Gasteiger partial charge is 0.336 e. The Morgan fingerprint density at radius 3 is 2.33 bits per heavy atom. The third kappa shape index (κ3) is 5.15. The third-order valence-electron chi connectivity index (χ3n) is 4.95. The van der Waals surface area contributed by atoms with Gasteiger partial charge in [-0.3, -0.25) is 14.5 Å². The lowest BCUT2D eigenvalue weighted by atomic mass is 10.1. The lowest BCUT2D eigenvalue weighted by Gasteiger charge is -2.34. The van der Waals surface area contributed by atoms with Crippen molar-refractivity contribution >= 4 is 17.5 Å². The Labute approximate surface area is 171 Å². The molecule has 30 heavy (non-hydrogen) atoms. The van der Waals surface area contributed by atoms with Crippen molar-refractivity contribution in [1.82, 2.24) is 9.80 Å². The van der Waals surface area contributed by atoms with Crippen molar-refractivity contribution in [3.8, 4) is 0 Å². The number of amides is 2. The number of halogens is 4. The maximum Gasteiger partial charge on any atom is 0.418 e. The van der Waals surface area contributed by atoms with Crippen LogP contribution in [0.1, 0.15) is 21.5 Å². The zero-order chi connectivity index (χ0) is 21.9. The van der Waals surface area contributed by atoms with Crippen molar-refractivity contribution in [1.29, 1.82) is 0 Å². The summed E-state index contributed by atoms with van der Waals surface area (Å²) in [5.74, 6) is -1.31. The Balaban J connectivity index is 1.54. The summed E-state index contributed by atoms with van der Waals surface area (Å²) in [5.41, 5.74) is -0.480. The molecule has 1 saturated heterocycles. The first-order valence-corrected chi connectivity index (χ1v) is 9.39. The molecule has 0 saturated carbocycles. The second-order valence-electron chi connectivity index (χ2n) is 7.12. The van der Waals surface area contributed by atoms with Crippen LogP contribution < -0.4 is 5.32 Å². The van der Waals surface area contributed by atoms with Crippen LogP contribution in [0.15, 0.2) is 42.5 Å². The van der Waals surface area contributed by atoms with Gasteiger partial charge in [-0.25, -0.2) is 4.39 Å². The summed E-state index contributed by atoms with van der Waals surface area (Å²) in [6.07, 6.45) is -4.56. The Bertz CT molecular complexity index is 938. The molecule has 3 rings (SSSR count). The molecule has 0 aromatic heterocycles. The first kappa shape index (κ1) is 21.8. The van der Waals surface area contributed by atoms with Crippen LogP contribution in [-0.4, -0.2) is 54.3 Å². The molecule has 0 bridgehead atoms. The predicted octanol–water partition coefficient (Wildman–Crippen LogP) is 3.55. The largest absolute Gasteiger partial charge is 0.418 e. The molecule has 1 aliphatic rings. The fourth-order valence-electron chi connectivity index (χ4n) is 3.25. The molecule has 2 aromatic carbocycles. The van der Waals surface area contributed by atoms with E-state index in [0.717, 1.165) is 6.07 Å². The minimum Gasteiger partial charge on any atom is -0.336 e. The molecule has 1 N–H and O–H groups in total. The lowest BCUT2D eigenvalue weighted by Crippen LogP contribution is -2.50. The first-order valence-electron chi connectivity index (χ1n) is 9.39. The van der Waals surface area contributed by atoms with Gasteiger partial charge in [0.15, 0.2) is 0 Å². The number of carbonyl (C=O) groups is 2. The maximum absolute atomic E-state index is 13.7. The summed E-state index contributed by atoms with van der Waals surface area (Å²) in [6, 6.07) is 9.11. The fraction of sp³-hybridized carbons (Fsp3) is 0.333. The van der Waals surface area contributed by atoms with Crippen LogP contribution in [0.3, 0.4) is 0 Å². The van der Waals surface area contributed by atoms with E-state index in [4.69, 9.17) is 0 Å². The van der Waals surface area contributed by atoms with E-state index >= 15 is 0 Å². The highest BCUT2D eigenvalue weighted by Gasteiger charge is 2.33. The molecule has 2 amide bonds. The van der Waals surface area contributed by atoms with Crippen molar-refractivity contribution in [2.75, 3.05) is 38.0 Å². The van der Waals surface area contributed by atoms with Gasteiger partial charge in [-0.1, -0.05) is 18.2 Å². The van der Waals surface area contributed by atoms with Crippen molar-refractivity contribution in [2.45, 2.75) is 13.1 Å². The molecule has 0 spiro atoms. The molecule has 0 atom stereocenters. The van der Waals surface area contributed by atoms with Gasteiger partial charge in [0, 0.05) is 31.7 Å². The molecule has 0 unspecified atom stereocenters. The summed E-state index contributed by atoms with van der Waals surface area (Å²) < 4.78 is 52.8. The van der Waals surface area contributed by atoms with Gasteiger partial charge in [0.25, 0.3) is 5.91 Å². The van der Waals surface area contributed by atoms with Crippen LogP contribution in [0.25, 0.3) is 0 Å². The van der Waals surface area contributed by atoms with Crippen LogP contribution in [0.2, 0.25) is 0 Å². The lowest BCUT2D eigenvalue weighted by molar-refractivity contribution is -0.137. The molecule has 9 heteroatoms. The molecule has 1 heterocycles. The number of hydrogen-bond acceptors (Lipinski definition) is 3. The SMILES string of the molecule is Cc1ccc(C(=O)N2CCN(CC(=O)Nc3ccccc3C(F)(F)F)CC2)cc1F. The van der Waals surface area contributed by atoms with Gasteiger partial charge in [0.05, 0.1) is 17.8 Å². The molecular weight excluding hydrogens is 402 g/mol. The minimum atomic E-state index is -4.56. The number of anilines is 1. The Hall–Kier alpha value is -2.94. The zero-order valence-electron chi connectivity index (χ0n) is 16.3. The summed E-state index contributed by atoms with van der Waals surface area (Å²) in [5, 5.41) is 2.31. The minimum absolute atomic E-state index is 0.0899. The van der Waals surface area contributed by atoms with E-state index in [1.807, 2.05) is 0 Å². The summed E-state index contributed by atoms with van der Waals surface area (Å²) in [7, 11) is 0. The number of hydrogen-bond donors (Lipinski definition) is 1. The van der Waals surface area contributed by atoms with Crippen molar-refractivity contribution in [3.05, 3.63) is 65.0 Å². The van der Waals surface area contributed by atoms with Gasteiger partial charge in [-0.05, 0) is 36.8 Å². The normalized spacial score (nSPS) is 15.2. The molecular formula is C21H21F4N3O2. The predicted molar refractivity (Wildman–Crippen MR) is 104 cm³/mol. The summed E-state index contributed by atoms with van der Waals surface area (Å²) in [4.78, 5) is 28.1. The van der Waals surface area contributed by atoms with Crippen LogP contribution in [0.5, 0.6) is 0 Å². The fourth-order valence-corrected chi connectivity index (χ4v) is 3.25. The van der Waals surface area contributed by atoms with E-state index in [0.29, 0.717) is 31.7 Å². The Morgan fingerprint density at radius 1 is 1.03 bits per heavy atom. The summed E-state index contributed by atoms with van der Waals surface area (Å²) in [6.45, 7) is 2.96. The van der Waals surface area contributed by atoms with E-state index < -0.39 is 23.5 Å². The number of piperazine rings is 1. The van der Waals surface area contributed by atoms with E-state index in [-0.39, 0.29) is 23.7 Å². The standard InChI is InChI=1S/C21H21F4N3O2/c1-14-6-7-15(12-17(14)22)20(30)28-10-8-27(9-11-28)13-19(29)26-18-5-3-2-4-16(18)21(23,24)25/h2-7,12H,8-11,13H2,1H3,(H,26,29). The zero-order valence-corrected chi connectivity index (χ0v) is 16.3. The van der Waals surface area contributed by atoms with Crippen LogP contribution >= 0.6 is 0 Å². The van der Waals surface area contributed by atoms with Crippen LogP contribution in [0, 0.1) is 12.7 Å². The number of nitrogens with one attached hydrogen (secondary N) is 1. The van der Waals surface area contributed by atoms with Gasteiger partial charge >= 0.3 is 6.18 Å². The topological polar surface area (TPSA) is 52.7 Å². The van der Waals surface area contributed by atoms with Crippen molar-refractivity contribution in [3.63, 3.8) is 0 Å². The summed E-state index contributed by atoms with van der Waals surface area (Å²) >= 11 is 0. The highest BCUT2D eigenvalue weighted by Crippen LogP contribution is 2.34. The highest BCUT2D eigenvalue weighted by molar-refractivity contribution is 5.94. The molecule has 0 radical (unpaired) electrons. The molecule has 5 nitrogen and oxygen atoms in total. The monoisotopic (exact) mass is 423 g/mol. The van der Waals surface area contributed by atoms with E-state index in [1.54, 1.807) is 28.9 Å². The second-order valence-corrected chi connectivity index (χ2v) is 7.12. The average molecular weight is 423 g/mol. The Kier molecular flexibility index (Phi) is 6.40. The number of benzene rings is 2. The third-order valence-corrected chi connectivity index (χ3v) is 4.95. The van der Waals surface area contributed by atoms with Gasteiger partial charge in [0.1, 0.15) is 5.82 Å². The van der Waals surface area contributed by atoms with E-state index in [9.17, 15) is 27.2 Å². The van der Waals surface area contributed by atoms with Crippen LogP contribution in [0.4, 0.5) is 23.2 Å². The number of para-hydroxylation sites is 1. The Morgan fingerprint density at radius 2 is 1.70 bits per heavy atom. The molecule has 1 fully saturated rings. The first-order chi connectivity index (χ1) is 14.1. The van der Waals surface area contributed by atoms with Gasteiger partial charge < -0.3 is 10.2 Å². The number of nitrogens with zero attached hydrogens (tertiary/aromatic N) is 2. The quantitative estimate of drug-likeness (QED) is 0.766. The van der Waals surface area contributed by atoms with Gasteiger partial charge in [-0.15, -0.1) is 0 Å². The van der Waals surface area contributed by atoms with Crippen molar-refractivity contribution < 1.29 is 27.2 Å². The highest BCUT2D eigenvalue weighted by atomic mass is 19.4. The van der Waals surface area contributed by atoms with E-state index in [2.05, 4.69) is 5.32 Å². The number of alkyl halides is 3. The number of aryl methyl sites for hydroxylation is 1. The molecule has 1 aliphatic heterocycles. The molecule has 2 aromatic rings. The average Bonchev–Trinajstić information content (AvgIpc) is 2.69. The molecule has 0 aliphatic carbocycles. The van der Waals surface area contributed by atoms with Gasteiger partial charge in [-0.2, -0.15) is 13.2 Å². The van der Waals surface area contributed by atoms with Crippen LogP contribution in [-0.2, 0) is 11.0 Å². The van der Waals surface area contributed by atoms with E-state index in [1.165, 1.54) is 24.3 Å².